The van der Waals surface area contributed by atoms with Crippen molar-refractivity contribution in [3.8, 4) is 0 Å². The van der Waals surface area contributed by atoms with Gasteiger partial charge in [-0.2, -0.15) is 0 Å². The maximum atomic E-state index is 9.93. The molecule has 0 aromatic heterocycles. The van der Waals surface area contributed by atoms with Crippen LogP contribution >= 0.6 is 9.24 Å². The normalized spacial score (nSPS) is 18.3. The summed E-state index contributed by atoms with van der Waals surface area (Å²) in [6.45, 7) is 2.14. The Balaban J connectivity index is 0. The molecule has 0 amide bonds. The van der Waals surface area contributed by atoms with Gasteiger partial charge in [0.15, 0.2) is 0 Å². The van der Waals surface area contributed by atoms with Crippen molar-refractivity contribution >= 4 is 28.7 Å². The van der Waals surface area contributed by atoms with E-state index in [1.807, 2.05) is 9.24 Å². The molecule has 0 bridgehead atoms. The molecule has 0 nitrogen and oxygen atoms in total. The molecule has 0 saturated heterocycles. The fourth-order valence-electron chi connectivity index (χ4n) is 0. The second-order valence-corrected chi connectivity index (χ2v) is 7.93. The number of hydrogen-bond donors (Lipinski definition) is 0. The van der Waals surface area contributed by atoms with Gasteiger partial charge in [0.1, 0.15) is 0 Å². The van der Waals surface area contributed by atoms with Gasteiger partial charge in [-0.05, 0) is 16.2 Å². The van der Waals surface area contributed by atoms with Gasteiger partial charge in [0, 0.05) is 6.16 Å². The van der Waals surface area contributed by atoms with E-state index in [2.05, 4.69) is 6.92 Å². The zero-order valence-electron chi connectivity index (χ0n) is 5.13. The van der Waals surface area contributed by atoms with Crippen LogP contribution in [0.5, 0.6) is 0 Å². The van der Waals surface area contributed by atoms with Gasteiger partial charge in [-0.1, -0.05) is 0 Å². The molecule has 0 saturated carbocycles. The molecule has 8 heteroatoms. The van der Waals surface area contributed by atoms with Gasteiger partial charge < -0.3 is 0 Å². The van der Waals surface area contributed by atoms with Crippen molar-refractivity contribution in [1.29, 1.82) is 0 Å². The van der Waals surface area contributed by atoms with E-state index in [1.165, 1.54) is 6.16 Å². The Kier molecular flexibility index (Phi) is 3.63. The third kappa shape index (κ3) is 789. The molecular formula is C2H8F6PSb. The number of rotatable bonds is 0. The first kappa shape index (κ1) is 13.4. The van der Waals surface area contributed by atoms with E-state index in [4.69, 9.17) is 0 Å². The third-order valence-electron chi connectivity index (χ3n) is 0. The summed E-state index contributed by atoms with van der Waals surface area (Å²) >= 11 is -11.2. The van der Waals surface area contributed by atoms with Crippen molar-refractivity contribution in [3.63, 3.8) is 0 Å². The van der Waals surface area contributed by atoms with Crippen molar-refractivity contribution in [2.24, 2.45) is 0 Å². The summed E-state index contributed by atoms with van der Waals surface area (Å²) in [5.74, 6) is 0. The van der Waals surface area contributed by atoms with Crippen LogP contribution in [-0.2, 0) is 0 Å². The van der Waals surface area contributed by atoms with Crippen molar-refractivity contribution in [3.05, 3.63) is 0 Å². The Bertz CT molecular complexity index is 85.1. The van der Waals surface area contributed by atoms with E-state index in [9.17, 15) is 16.9 Å². The van der Waals surface area contributed by atoms with Gasteiger partial charge in [-0.15, -0.1) is 0 Å². The summed E-state index contributed by atoms with van der Waals surface area (Å²) in [6.07, 6.45) is 1.28. The Labute approximate surface area is 59.1 Å². The van der Waals surface area contributed by atoms with Gasteiger partial charge in [0.05, 0.1) is 0 Å². The first-order chi connectivity index (χ1) is 3.86. The van der Waals surface area contributed by atoms with E-state index in [0.29, 0.717) is 0 Å². The zero-order chi connectivity index (χ0) is 9.12. The van der Waals surface area contributed by atoms with Crippen LogP contribution in [0.1, 0.15) is 6.92 Å². The SMILES string of the molecule is CC[PH3+].[F][Sb-]([F])([F])([F])([F])[F]. The third-order valence-corrected chi connectivity index (χ3v) is 0. The summed E-state index contributed by atoms with van der Waals surface area (Å²) in [4.78, 5) is 0. The Morgan fingerprint density at radius 1 is 1.00 bits per heavy atom. The minimum absolute atomic E-state index is 1.28. The van der Waals surface area contributed by atoms with Crippen LogP contribution in [0, 0.1) is 0 Å². The first-order valence-electron chi connectivity index (χ1n) is 2.22. The Morgan fingerprint density at radius 2 is 1.00 bits per heavy atom. The summed E-state index contributed by atoms with van der Waals surface area (Å²) in [7, 11) is 1.97. The molecule has 0 aliphatic heterocycles. The molecular weight excluding hydrogens is 291 g/mol. The number of halogens is 6. The molecule has 1 unspecified atom stereocenters. The molecule has 10 heavy (non-hydrogen) atoms. The van der Waals surface area contributed by atoms with Gasteiger partial charge in [0.2, 0.25) is 0 Å². The van der Waals surface area contributed by atoms with Crippen molar-refractivity contribution < 1.29 is 16.9 Å². The van der Waals surface area contributed by atoms with Crippen LogP contribution in [0.15, 0.2) is 0 Å². The van der Waals surface area contributed by atoms with Gasteiger partial charge in [0.25, 0.3) is 0 Å². The zero-order valence-corrected chi connectivity index (χ0v) is 9.10. The molecule has 0 radical (unpaired) electrons. The summed E-state index contributed by atoms with van der Waals surface area (Å²) in [6, 6.07) is 0. The maximum absolute atomic E-state index is 11.2. The topological polar surface area (TPSA) is 0 Å². The molecule has 0 heterocycles. The molecule has 0 rings (SSSR count). The van der Waals surface area contributed by atoms with E-state index in [-0.39, 0.29) is 0 Å². The average Bonchev–Trinajstić information content (AvgIpc) is 1.20. The predicted octanol–water partition coefficient (Wildman–Crippen LogP) is 2.75. The summed E-state index contributed by atoms with van der Waals surface area (Å²) in [5, 5.41) is 0. The van der Waals surface area contributed by atoms with Gasteiger partial charge in [-0.3, -0.25) is 0 Å². The van der Waals surface area contributed by atoms with Crippen LogP contribution in [0.3, 0.4) is 0 Å². The fraction of sp³-hybridized carbons (Fsp3) is 1.00. The van der Waals surface area contributed by atoms with Crippen molar-refractivity contribution in [1.82, 2.24) is 0 Å². The van der Waals surface area contributed by atoms with Crippen LogP contribution in [0.4, 0.5) is 16.9 Å². The van der Waals surface area contributed by atoms with Gasteiger partial charge >= 0.3 is 36.4 Å². The van der Waals surface area contributed by atoms with Crippen molar-refractivity contribution in [2.75, 3.05) is 6.16 Å². The Morgan fingerprint density at radius 3 is 1.00 bits per heavy atom. The molecule has 1 atom stereocenters. The molecule has 0 aliphatic rings. The van der Waals surface area contributed by atoms with Crippen LogP contribution in [-0.4, -0.2) is 25.6 Å². The molecule has 0 aromatic rings. The average molecular weight is 299 g/mol. The second-order valence-electron chi connectivity index (χ2n) is 1.46. The van der Waals surface area contributed by atoms with E-state index in [1.54, 1.807) is 0 Å². The van der Waals surface area contributed by atoms with E-state index in [0.717, 1.165) is 0 Å². The standard InChI is InChI=1S/C2H7P.6FH.Sb/c1-2-3;;;;;;;/h2-3H2,1H3;6*1H;/q;;;;;;;+5/p-5. The fourth-order valence-corrected chi connectivity index (χ4v) is 0. The monoisotopic (exact) mass is 298 g/mol. The van der Waals surface area contributed by atoms with Crippen LogP contribution in [0.25, 0.3) is 0 Å². The second kappa shape index (κ2) is 2.70. The molecule has 68 valence electrons. The minimum atomic E-state index is -11.2. The molecule has 0 spiro atoms. The molecule has 0 N–H and O–H groups in total. The van der Waals surface area contributed by atoms with E-state index < -0.39 is 19.5 Å². The van der Waals surface area contributed by atoms with Gasteiger partial charge in [-0.25, -0.2) is 0 Å². The Hall–Kier alpha value is 0.828. The molecule has 0 aromatic carbocycles. The van der Waals surface area contributed by atoms with Crippen molar-refractivity contribution in [2.45, 2.75) is 6.92 Å². The molecule has 0 aliphatic carbocycles. The molecule has 0 fully saturated rings. The van der Waals surface area contributed by atoms with E-state index >= 15 is 0 Å². The van der Waals surface area contributed by atoms with Crippen LogP contribution in [0.2, 0.25) is 0 Å². The van der Waals surface area contributed by atoms with Crippen LogP contribution < -0.4 is 0 Å². The number of hydrogen-bond acceptors (Lipinski definition) is 0. The summed E-state index contributed by atoms with van der Waals surface area (Å²) < 4.78 is 59.6. The first-order valence-corrected chi connectivity index (χ1v) is 9.01. The quantitative estimate of drug-likeness (QED) is 0.366. The summed E-state index contributed by atoms with van der Waals surface area (Å²) in [5.41, 5.74) is 0. The predicted molar refractivity (Wildman–Crippen MR) is 34.0 cm³/mol.